The second-order valence-corrected chi connectivity index (χ2v) is 6.38. The Hall–Kier alpha value is -3.01. The van der Waals surface area contributed by atoms with E-state index in [1.54, 1.807) is 0 Å². The maximum absolute atomic E-state index is 13.9. The summed E-state index contributed by atoms with van der Waals surface area (Å²) in [5, 5.41) is 10.9. The Morgan fingerprint density at radius 1 is 1.26 bits per heavy atom. The molecule has 2 heterocycles. The number of alkyl halides is 2. The molecule has 0 aliphatic rings. The van der Waals surface area contributed by atoms with Gasteiger partial charge in [0.2, 0.25) is 0 Å². The molecule has 0 aliphatic heterocycles. The summed E-state index contributed by atoms with van der Waals surface area (Å²) in [7, 11) is 0. The van der Waals surface area contributed by atoms with Crippen molar-refractivity contribution in [3.63, 3.8) is 0 Å². The largest absolute Gasteiger partial charge is 0.505 e. The van der Waals surface area contributed by atoms with Crippen molar-refractivity contribution in [3.8, 4) is 16.6 Å². The number of hydrogen-bond acceptors (Lipinski definition) is 6. The first-order valence-corrected chi connectivity index (χ1v) is 8.37. The number of benzene rings is 1. The highest BCUT2D eigenvalue weighted by molar-refractivity contribution is 7.12. The predicted molar refractivity (Wildman–Crippen MR) is 90.3 cm³/mol. The highest BCUT2D eigenvalue weighted by Gasteiger charge is 2.24. The van der Waals surface area contributed by atoms with Gasteiger partial charge in [-0.15, -0.1) is 11.3 Å². The molecule has 3 aromatic rings. The summed E-state index contributed by atoms with van der Waals surface area (Å²) in [6.07, 6.45) is 0. The van der Waals surface area contributed by atoms with Gasteiger partial charge >= 0.3 is 12.6 Å². The van der Waals surface area contributed by atoms with Crippen molar-refractivity contribution in [3.05, 3.63) is 40.7 Å². The zero-order chi connectivity index (χ0) is 19.9. The number of nitrogens with zero attached hydrogens (tertiary/aromatic N) is 1. The van der Waals surface area contributed by atoms with E-state index in [4.69, 9.17) is 4.74 Å². The van der Waals surface area contributed by atoms with Crippen LogP contribution in [0.15, 0.2) is 23.6 Å². The summed E-state index contributed by atoms with van der Waals surface area (Å²) in [5.41, 5.74) is 0.253. The normalized spacial score (nSPS) is 11.2. The van der Waals surface area contributed by atoms with Crippen LogP contribution in [0.25, 0.3) is 10.9 Å². The van der Waals surface area contributed by atoms with E-state index < -0.39 is 30.1 Å². The lowest BCUT2D eigenvalue weighted by molar-refractivity contribution is -0.131. The van der Waals surface area contributed by atoms with Gasteiger partial charge in [0.05, 0.1) is 16.8 Å². The molecule has 0 spiro atoms. The highest BCUT2D eigenvalue weighted by Crippen LogP contribution is 2.37. The molecule has 0 aliphatic carbocycles. The van der Waals surface area contributed by atoms with Gasteiger partial charge in [-0.1, -0.05) is 0 Å². The predicted octanol–water partition coefficient (Wildman–Crippen LogP) is 4.07. The van der Waals surface area contributed by atoms with Gasteiger partial charge in [-0.3, -0.25) is 14.2 Å². The molecule has 6 nitrogen and oxygen atoms in total. The Labute approximate surface area is 154 Å². The summed E-state index contributed by atoms with van der Waals surface area (Å²) in [4.78, 5) is 24.3. The summed E-state index contributed by atoms with van der Waals surface area (Å²) in [6, 6.07) is 3.09. The van der Waals surface area contributed by atoms with Crippen LogP contribution in [0.5, 0.6) is 16.6 Å². The monoisotopic (exact) mass is 399 g/mol. The fourth-order valence-corrected chi connectivity index (χ4v) is 3.37. The summed E-state index contributed by atoms with van der Waals surface area (Å²) >= 11 is 0.799. The van der Waals surface area contributed by atoms with E-state index in [0.717, 1.165) is 41.0 Å². The molecule has 0 fully saturated rings. The average molecular weight is 399 g/mol. The van der Waals surface area contributed by atoms with Crippen molar-refractivity contribution < 1.29 is 37.3 Å². The summed E-state index contributed by atoms with van der Waals surface area (Å²) in [6.45, 7) is -0.414. The fraction of sp³-hybridized carbons (Fsp3) is 0.176. The van der Waals surface area contributed by atoms with Crippen molar-refractivity contribution >= 4 is 34.1 Å². The number of carbonyl (C=O) groups excluding carboxylic acids is 2. The van der Waals surface area contributed by atoms with Gasteiger partial charge in [0.1, 0.15) is 0 Å². The molecule has 0 atom stereocenters. The van der Waals surface area contributed by atoms with Crippen molar-refractivity contribution in [2.24, 2.45) is 0 Å². The minimum atomic E-state index is -3.03. The SMILES string of the molecule is CC(=O)Oc1c(C)n(C(=O)c2csc(OC(F)F)c2)c2cc(F)c(O)cc12. The number of aromatic hydroxyl groups is 1. The molecule has 1 aromatic carbocycles. The molecule has 0 saturated carbocycles. The lowest BCUT2D eigenvalue weighted by Crippen LogP contribution is -2.13. The van der Waals surface area contributed by atoms with Gasteiger partial charge in [-0.25, -0.2) is 4.39 Å². The topological polar surface area (TPSA) is 77.8 Å². The van der Waals surface area contributed by atoms with Crippen LogP contribution >= 0.6 is 11.3 Å². The molecule has 0 radical (unpaired) electrons. The van der Waals surface area contributed by atoms with Crippen LogP contribution in [-0.2, 0) is 4.79 Å². The third-order valence-corrected chi connectivity index (χ3v) is 4.51. The smallest absolute Gasteiger partial charge is 0.388 e. The second-order valence-electron chi connectivity index (χ2n) is 5.50. The quantitative estimate of drug-likeness (QED) is 0.669. The number of carbonyl (C=O) groups is 2. The molecule has 0 bridgehead atoms. The van der Waals surface area contributed by atoms with Crippen LogP contribution in [0.2, 0.25) is 0 Å². The third kappa shape index (κ3) is 3.47. The van der Waals surface area contributed by atoms with Gasteiger partial charge < -0.3 is 14.6 Å². The number of phenols is 1. The van der Waals surface area contributed by atoms with Gasteiger partial charge in [-0.2, -0.15) is 8.78 Å². The Morgan fingerprint density at radius 2 is 1.96 bits per heavy atom. The van der Waals surface area contributed by atoms with Crippen molar-refractivity contribution in [1.29, 1.82) is 0 Å². The van der Waals surface area contributed by atoms with Crippen LogP contribution in [0.3, 0.4) is 0 Å². The molecule has 0 saturated heterocycles. The van der Waals surface area contributed by atoms with Gasteiger partial charge in [-0.05, 0) is 13.0 Å². The first kappa shape index (κ1) is 18.8. The van der Waals surface area contributed by atoms with E-state index in [1.807, 2.05) is 0 Å². The number of phenolic OH excluding ortho intramolecular Hbond substituents is 1. The van der Waals surface area contributed by atoms with E-state index in [9.17, 15) is 27.9 Å². The van der Waals surface area contributed by atoms with Crippen LogP contribution in [0, 0.1) is 12.7 Å². The van der Waals surface area contributed by atoms with Crippen molar-refractivity contribution in [1.82, 2.24) is 4.57 Å². The van der Waals surface area contributed by atoms with Crippen molar-refractivity contribution in [2.45, 2.75) is 20.5 Å². The van der Waals surface area contributed by atoms with Crippen LogP contribution in [0.1, 0.15) is 23.0 Å². The molecule has 2 aromatic heterocycles. The van der Waals surface area contributed by atoms with Crippen LogP contribution in [-0.4, -0.2) is 28.2 Å². The Kier molecular flexibility index (Phi) is 4.83. The standard InChI is InChI=1S/C17H12F3NO5S/c1-7-15(25-8(2)22)10-4-13(23)11(18)5-12(10)21(7)16(24)9-3-14(27-6-9)26-17(19)20/h3-6,17,23H,1-2H3. The van der Waals surface area contributed by atoms with E-state index >= 15 is 0 Å². The van der Waals surface area contributed by atoms with E-state index in [1.165, 1.54) is 12.3 Å². The molecule has 142 valence electrons. The Bertz CT molecular complexity index is 1060. The molecular weight excluding hydrogens is 387 g/mol. The van der Waals surface area contributed by atoms with Crippen LogP contribution in [0.4, 0.5) is 13.2 Å². The number of ether oxygens (including phenoxy) is 2. The minimum absolute atomic E-state index is 0.0135. The molecule has 10 heteroatoms. The third-order valence-electron chi connectivity index (χ3n) is 3.69. The first-order valence-electron chi connectivity index (χ1n) is 7.49. The number of thiophene rings is 1. The number of rotatable bonds is 4. The molecule has 1 N–H and O–H groups in total. The van der Waals surface area contributed by atoms with E-state index in [-0.39, 0.29) is 33.0 Å². The molecule has 3 rings (SSSR count). The number of aromatic nitrogens is 1. The minimum Gasteiger partial charge on any atom is -0.505 e. The van der Waals surface area contributed by atoms with Gasteiger partial charge in [0.15, 0.2) is 22.4 Å². The van der Waals surface area contributed by atoms with Crippen LogP contribution < -0.4 is 9.47 Å². The lowest BCUT2D eigenvalue weighted by atomic mass is 10.2. The van der Waals surface area contributed by atoms with Crippen molar-refractivity contribution in [2.75, 3.05) is 0 Å². The van der Waals surface area contributed by atoms with Gasteiger partial charge in [0.25, 0.3) is 5.91 Å². The number of halogens is 3. The summed E-state index contributed by atoms with van der Waals surface area (Å²) in [5.74, 6) is -3.00. The number of hydrogen-bond donors (Lipinski definition) is 1. The van der Waals surface area contributed by atoms with E-state index in [0.29, 0.717) is 0 Å². The maximum atomic E-state index is 13.9. The molecule has 27 heavy (non-hydrogen) atoms. The number of fused-ring (bicyclic) bond motifs is 1. The van der Waals surface area contributed by atoms with Gasteiger partial charge in [0, 0.05) is 29.8 Å². The zero-order valence-corrected chi connectivity index (χ0v) is 14.8. The number of esters is 1. The fourth-order valence-electron chi connectivity index (χ4n) is 2.64. The molecule has 0 unspecified atom stereocenters. The average Bonchev–Trinajstić information content (AvgIpc) is 3.11. The summed E-state index contributed by atoms with van der Waals surface area (Å²) < 4.78 is 48.9. The lowest BCUT2D eigenvalue weighted by Gasteiger charge is -2.06. The maximum Gasteiger partial charge on any atom is 0.388 e. The molecular formula is C17H12F3NO5S. The molecule has 0 amide bonds. The Balaban J connectivity index is 2.16. The highest BCUT2D eigenvalue weighted by atomic mass is 32.1. The zero-order valence-electron chi connectivity index (χ0n) is 14.0. The second kappa shape index (κ2) is 6.95. The Morgan fingerprint density at radius 3 is 2.59 bits per heavy atom. The first-order chi connectivity index (χ1) is 12.7. The van der Waals surface area contributed by atoms with E-state index in [2.05, 4.69) is 4.74 Å².